The fourth-order valence-corrected chi connectivity index (χ4v) is 3.22. The number of nitrogens with one attached hydrogen (secondary N) is 8. The summed E-state index contributed by atoms with van der Waals surface area (Å²) in [4.78, 5) is 3.58. The maximum Gasteiger partial charge on any atom is 0.199 e. The summed E-state index contributed by atoms with van der Waals surface area (Å²) in [5.74, 6) is 0.173. The summed E-state index contributed by atoms with van der Waals surface area (Å²) < 4.78 is 0. The zero-order valence-electron chi connectivity index (χ0n) is 17.9. The largest absolute Gasteiger partial charge is 0.339 e. The van der Waals surface area contributed by atoms with Crippen molar-refractivity contribution < 1.29 is 0 Å². The lowest BCUT2D eigenvalue weighted by molar-refractivity contribution is 0.250. The fraction of sp³-hybridized carbons (Fsp3) is 0.200. The zero-order chi connectivity index (χ0) is 23.1. The fourth-order valence-electron chi connectivity index (χ4n) is 2.97. The first-order valence-corrected chi connectivity index (χ1v) is 10.5. The highest BCUT2D eigenvalue weighted by atomic mass is 35.5. The monoisotopic (exact) mass is 546 g/mol. The Bertz CT molecular complexity index is 908. The normalized spacial score (nSPS) is 12.4. The van der Waals surface area contributed by atoms with Crippen LogP contribution in [0.1, 0.15) is 0 Å². The van der Waals surface area contributed by atoms with E-state index in [2.05, 4.69) is 21.3 Å². The van der Waals surface area contributed by atoms with Gasteiger partial charge in [-0.15, -0.1) is 24.8 Å². The van der Waals surface area contributed by atoms with Gasteiger partial charge < -0.3 is 20.4 Å². The van der Waals surface area contributed by atoms with Crippen LogP contribution >= 0.6 is 48.0 Å². The average Bonchev–Trinajstić information content (AvgIpc) is 2.77. The number of halogens is 4. The number of anilines is 2. The van der Waals surface area contributed by atoms with Crippen molar-refractivity contribution in [2.75, 3.05) is 36.8 Å². The van der Waals surface area contributed by atoms with Gasteiger partial charge in [0.05, 0.1) is 0 Å². The SMILES string of the molecule is Cl.Cl.N=C(NC(=N)N1CCN(C(=N)NC(=N)Nc2ccc(Cl)cc2)CC1)Nc1ccc(Cl)cc1. The van der Waals surface area contributed by atoms with E-state index < -0.39 is 0 Å². The van der Waals surface area contributed by atoms with E-state index in [1.54, 1.807) is 58.3 Å². The molecule has 0 bridgehead atoms. The van der Waals surface area contributed by atoms with Crippen LogP contribution in [0.4, 0.5) is 11.4 Å². The zero-order valence-corrected chi connectivity index (χ0v) is 21.1. The van der Waals surface area contributed by atoms with Gasteiger partial charge in [-0.1, -0.05) is 23.2 Å². The Labute approximate surface area is 220 Å². The quantitative estimate of drug-likeness (QED) is 0.211. The van der Waals surface area contributed by atoms with Crippen molar-refractivity contribution in [1.82, 2.24) is 20.4 Å². The molecule has 1 saturated heterocycles. The molecule has 0 unspecified atom stereocenters. The molecule has 2 aromatic carbocycles. The number of rotatable bonds is 2. The lowest BCUT2D eigenvalue weighted by Crippen LogP contribution is -2.57. The van der Waals surface area contributed by atoms with E-state index in [0.29, 0.717) is 47.6 Å². The predicted molar refractivity (Wildman–Crippen MR) is 145 cm³/mol. The van der Waals surface area contributed by atoms with E-state index in [-0.39, 0.29) is 48.7 Å². The number of nitrogens with zero attached hydrogens (tertiary/aromatic N) is 2. The molecular weight excluding hydrogens is 522 g/mol. The lowest BCUT2D eigenvalue weighted by atomic mass is 10.3. The Morgan fingerprint density at radius 2 is 0.882 bits per heavy atom. The van der Waals surface area contributed by atoms with Crippen LogP contribution in [0.15, 0.2) is 48.5 Å². The van der Waals surface area contributed by atoms with Gasteiger partial charge in [-0.2, -0.15) is 0 Å². The van der Waals surface area contributed by atoms with Crippen LogP contribution < -0.4 is 21.3 Å². The molecule has 0 amide bonds. The molecule has 0 spiro atoms. The number of guanidine groups is 4. The lowest BCUT2D eigenvalue weighted by Gasteiger charge is -2.37. The minimum absolute atomic E-state index is 0. The first-order valence-electron chi connectivity index (χ1n) is 9.73. The summed E-state index contributed by atoms with van der Waals surface area (Å²) in [6, 6.07) is 13.9. The Balaban J connectivity index is 0.00000289. The molecule has 0 saturated carbocycles. The van der Waals surface area contributed by atoms with E-state index in [4.69, 9.17) is 44.8 Å². The summed E-state index contributed by atoms with van der Waals surface area (Å²) in [5, 5.41) is 44.8. The molecule has 0 atom stereocenters. The molecule has 34 heavy (non-hydrogen) atoms. The van der Waals surface area contributed by atoms with Gasteiger partial charge in [-0.05, 0) is 48.5 Å². The topological polar surface area (TPSA) is 150 Å². The van der Waals surface area contributed by atoms with Gasteiger partial charge in [0.2, 0.25) is 0 Å². The van der Waals surface area contributed by atoms with Gasteiger partial charge in [0.25, 0.3) is 0 Å². The van der Waals surface area contributed by atoms with Crippen LogP contribution in [0.25, 0.3) is 0 Å². The summed E-state index contributed by atoms with van der Waals surface area (Å²) in [7, 11) is 0. The molecule has 1 aliphatic rings. The third-order valence-electron chi connectivity index (χ3n) is 4.63. The van der Waals surface area contributed by atoms with Crippen molar-refractivity contribution in [2.45, 2.75) is 0 Å². The van der Waals surface area contributed by atoms with Crippen molar-refractivity contribution in [2.24, 2.45) is 0 Å². The van der Waals surface area contributed by atoms with Crippen LogP contribution in [-0.2, 0) is 0 Å². The van der Waals surface area contributed by atoms with Crippen LogP contribution in [0.3, 0.4) is 0 Å². The first-order chi connectivity index (χ1) is 15.3. The molecule has 1 aliphatic heterocycles. The second-order valence-corrected chi connectivity index (χ2v) is 7.81. The summed E-state index contributed by atoms with van der Waals surface area (Å²) in [6.45, 7) is 2.01. The Hall–Kier alpha value is -2.92. The van der Waals surface area contributed by atoms with Gasteiger partial charge in [-0.25, -0.2) is 0 Å². The van der Waals surface area contributed by atoms with E-state index >= 15 is 0 Å². The van der Waals surface area contributed by atoms with Gasteiger partial charge in [0.1, 0.15) is 0 Å². The molecule has 184 valence electrons. The minimum Gasteiger partial charge on any atom is -0.339 e. The van der Waals surface area contributed by atoms with Gasteiger partial charge in [-0.3, -0.25) is 32.3 Å². The van der Waals surface area contributed by atoms with Crippen LogP contribution in [-0.4, -0.2) is 59.8 Å². The molecule has 10 nitrogen and oxygen atoms in total. The molecule has 1 fully saturated rings. The van der Waals surface area contributed by atoms with Crippen LogP contribution in [0.5, 0.6) is 0 Å². The molecule has 3 rings (SSSR count). The number of benzene rings is 2. The third kappa shape index (κ3) is 8.79. The number of hydrogen-bond acceptors (Lipinski definition) is 4. The third-order valence-corrected chi connectivity index (χ3v) is 5.13. The Kier molecular flexibility index (Phi) is 11.7. The molecule has 1 heterocycles. The molecule has 0 aliphatic carbocycles. The smallest absolute Gasteiger partial charge is 0.199 e. The molecule has 0 aromatic heterocycles. The average molecular weight is 548 g/mol. The summed E-state index contributed by atoms with van der Waals surface area (Å²) in [5.41, 5.74) is 1.39. The standard InChI is InChI=1S/C20H24Cl2N10.2ClH/c21-13-1-5-15(6-2-13)27-17(23)29-19(25)31-9-11-32(12-10-31)20(26)30-18(24)28-16-7-3-14(22)4-8-16;;/h1-8H,9-12H2,(H4,23,25,27,29)(H4,24,26,28,30);2*1H. The van der Waals surface area contributed by atoms with Crippen molar-refractivity contribution in [3.8, 4) is 0 Å². The molecular formula is C20H26Cl4N10. The highest BCUT2D eigenvalue weighted by Crippen LogP contribution is 2.14. The number of piperazine rings is 1. The highest BCUT2D eigenvalue weighted by Gasteiger charge is 2.22. The van der Waals surface area contributed by atoms with Crippen molar-refractivity contribution in [3.05, 3.63) is 58.6 Å². The molecule has 0 radical (unpaired) electrons. The van der Waals surface area contributed by atoms with Crippen molar-refractivity contribution in [3.63, 3.8) is 0 Å². The summed E-state index contributed by atoms with van der Waals surface area (Å²) in [6.07, 6.45) is 0. The molecule has 2 aromatic rings. The first kappa shape index (κ1) is 29.1. The van der Waals surface area contributed by atoms with E-state index in [9.17, 15) is 0 Å². The van der Waals surface area contributed by atoms with Crippen LogP contribution in [0, 0.1) is 21.6 Å². The van der Waals surface area contributed by atoms with Gasteiger partial charge >= 0.3 is 0 Å². The van der Waals surface area contributed by atoms with Gasteiger partial charge in [0, 0.05) is 47.6 Å². The number of hydrogen-bond donors (Lipinski definition) is 8. The van der Waals surface area contributed by atoms with Crippen molar-refractivity contribution in [1.29, 1.82) is 21.6 Å². The maximum atomic E-state index is 8.21. The van der Waals surface area contributed by atoms with Crippen LogP contribution in [0.2, 0.25) is 10.0 Å². The second-order valence-electron chi connectivity index (χ2n) is 6.94. The van der Waals surface area contributed by atoms with E-state index in [1.165, 1.54) is 0 Å². The van der Waals surface area contributed by atoms with E-state index in [1.807, 2.05) is 0 Å². The summed E-state index contributed by atoms with van der Waals surface area (Å²) >= 11 is 11.7. The van der Waals surface area contributed by atoms with Crippen molar-refractivity contribution >= 4 is 83.2 Å². The van der Waals surface area contributed by atoms with Gasteiger partial charge in [0.15, 0.2) is 23.8 Å². The highest BCUT2D eigenvalue weighted by molar-refractivity contribution is 6.31. The second kappa shape index (κ2) is 13.7. The Morgan fingerprint density at radius 3 is 1.18 bits per heavy atom. The van der Waals surface area contributed by atoms with E-state index in [0.717, 1.165) is 0 Å². The maximum absolute atomic E-state index is 8.21. The predicted octanol–water partition coefficient (Wildman–Crippen LogP) is 3.90. The minimum atomic E-state index is -0.0177. The Morgan fingerprint density at radius 1 is 0.588 bits per heavy atom. The molecule has 14 heteroatoms. The molecule has 8 N–H and O–H groups in total.